The van der Waals surface area contributed by atoms with Gasteiger partial charge in [-0.15, -0.1) is 0 Å². The van der Waals surface area contributed by atoms with Crippen LogP contribution in [0.15, 0.2) is 10.5 Å². The van der Waals surface area contributed by atoms with Crippen LogP contribution in [0, 0.1) is 18.3 Å². The zero-order valence-electron chi connectivity index (χ0n) is 15.2. The van der Waals surface area contributed by atoms with Crippen LogP contribution in [0.2, 0.25) is 0 Å². The first-order valence-electron chi connectivity index (χ1n) is 8.10. The van der Waals surface area contributed by atoms with Gasteiger partial charge in [0.25, 0.3) is 0 Å². The van der Waals surface area contributed by atoms with Crippen molar-refractivity contribution >= 4 is 0 Å². The van der Waals surface area contributed by atoms with Crippen LogP contribution in [-0.4, -0.2) is 24.5 Å². The quantitative estimate of drug-likeness (QED) is 0.817. The summed E-state index contributed by atoms with van der Waals surface area (Å²) in [4.78, 5) is 2.41. The van der Waals surface area contributed by atoms with Crippen LogP contribution in [0.3, 0.4) is 0 Å². The summed E-state index contributed by atoms with van der Waals surface area (Å²) in [5, 5.41) is 3.43. The molecule has 0 radical (unpaired) electrons. The zero-order valence-corrected chi connectivity index (χ0v) is 15.2. The third-order valence-electron chi connectivity index (χ3n) is 4.26. The molecule has 21 heavy (non-hydrogen) atoms. The molecule has 1 aromatic heterocycles. The van der Waals surface area contributed by atoms with Gasteiger partial charge >= 0.3 is 0 Å². The van der Waals surface area contributed by atoms with Gasteiger partial charge in [0.2, 0.25) is 0 Å². The second-order valence-electron chi connectivity index (χ2n) is 7.78. The molecule has 1 aromatic rings. The first-order valence-corrected chi connectivity index (χ1v) is 8.10. The van der Waals surface area contributed by atoms with Gasteiger partial charge in [0, 0.05) is 18.2 Å². The highest BCUT2D eigenvalue weighted by atomic mass is 16.3. The van der Waals surface area contributed by atoms with E-state index in [2.05, 4.69) is 71.8 Å². The monoisotopic (exact) mass is 294 g/mol. The lowest BCUT2D eigenvalue weighted by atomic mass is 9.87. The lowest BCUT2D eigenvalue weighted by molar-refractivity contribution is 0.134. The molecule has 0 fully saturated rings. The number of hydrogen-bond acceptors (Lipinski definition) is 3. The normalized spacial score (nSPS) is 14.2. The molecule has 1 N–H and O–H groups in total. The molecule has 0 aromatic carbocycles. The van der Waals surface area contributed by atoms with Crippen LogP contribution < -0.4 is 5.32 Å². The minimum atomic E-state index is 0.286. The molecule has 1 atom stereocenters. The van der Waals surface area contributed by atoms with Crippen LogP contribution in [0.1, 0.15) is 58.6 Å². The maximum atomic E-state index is 5.87. The van der Waals surface area contributed by atoms with Crippen molar-refractivity contribution in [2.24, 2.45) is 11.3 Å². The number of rotatable bonds is 7. The molecule has 3 nitrogen and oxygen atoms in total. The number of nitrogens with one attached hydrogen (secondary N) is 1. The average molecular weight is 294 g/mol. The summed E-state index contributed by atoms with van der Waals surface area (Å²) in [6.45, 7) is 18.4. The number of nitrogens with zero attached hydrogens (tertiary/aromatic N) is 1. The highest BCUT2D eigenvalue weighted by Gasteiger charge is 2.24. The number of aryl methyl sites for hydroxylation is 1. The van der Waals surface area contributed by atoms with Crippen molar-refractivity contribution in [2.75, 3.05) is 13.6 Å². The van der Waals surface area contributed by atoms with Gasteiger partial charge in [0.05, 0.1) is 6.54 Å². The van der Waals surface area contributed by atoms with Gasteiger partial charge in [-0.05, 0) is 44.8 Å². The predicted molar refractivity (Wildman–Crippen MR) is 90.4 cm³/mol. The van der Waals surface area contributed by atoms with Gasteiger partial charge in [-0.1, -0.05) is 34.6 Å². The van der Waals surface area contributed by atoms with E-state index in [0.717, 1.165) is 31.2 Å². The van der Waals surface area contributed by atoms with Crippen molar-refractivity contribution in [1.29, 1.82) is 0 Å². The third kappa shape index (κ3) is 5.84. The second-order valence-corrected chi connectivity index (χ2v) is 7.78. The third-order valence-corrected chi connectivity index (χ3v) is 4.26. The van der Waals surface area contributed by atoms with E-state index in [-0.39, 0.29) is 5.41 Å². The molecule has 122 valence electrons. The summed E-state index contributed by atoms with van der Waals surface area (Å²) in [6.07, 6.45) is 0. The van der Waals surface area contributed by atoms with Crippen LogP contribution >= 0.6 is 0 Å². The smallest absolute Gasteiger partial charge is 0.118 e. The van der Waals surface area contributed by atoms with E-state index in [4.69, 9.17) is 4.42 Å². The first kappa shape index (κ1) is 18.2. The average Bonchev–Trinajstić information content (AvgIpc) is 2.67. The molecule has 0 bridgehead atoms. The molecular weight excluding hydrogens is 260 g/mol. The van der Waals surface area contributed by atoms with E-state index < -0.39 is 0 Å². The van der Waals surface area contributed by atoms with E-state index in [1.54, 1.807) is 0 Å². The minimum Gasteiger partial charge on any atom is -0.465 e. The van der Waals surface area contributed by atoms with Crippen molar-refractivity contribution in [3.8, 4) is 0 Å². The van der Waals surface area contributed by atoms with Gasteiger partial charge in [0.15, 0.2) is 0 Å². The molecule has 0 spiro atoms. The topological polar surface area (TPSA) is 28.4 Å². The summed E-state index contributed by atoms with van der Waals surface area (Å²) < 4.78 is 5.87. The lowest BCUT2D eigenvalue weighted by Gasteiger charge is -2.35. The summed E-state index contributed by atoms with van der Waals surface area (Å²) in [6, 6.07) is 2.73. The number of hydrogen-bond donors (Lipinski definition) is 1. The Balaban J connectivity index is 2.62. The van der Waals surface area contributed by atoms with Gasteiger partial charge in [-0.3, -0.25) is 4.90 Å². The molecule has 0 saturated heterocycles. The van der Waals surface area contributed by atoms with E-state index in [1.807, 2.05) is 0 Å². The Labute approximate surface area is 131 Å². The van der Waals surface area contributed by atoms with Gasteiger partial charge in [-0.25, -0.2) is 0 Å². The molecule has 1 rings (SSSR count). The summed E-state index contributed by atoms with van der Waals surface area (Å²) >= 11 is 0. The standard InChI is InChI=1S/C18H34N2O/c1-13(2)10-19-11-17-9-16(14(3)21-17)12-20(8)15(4)18(5,6)7/h9,13,15,19H,10-12H2,1-8H3. The molecule has 0 aliphatic carbocycles. The largest absolute Gasteiger partial charge is 0.465 e. The Bertz CT molecular complexity index is 429. The molecule has 0 aliphatic heterocycles. The molecule has 1 heterocycles. The van der Waals surface area contributed by atoms with Gasteiger partial charge in [-0.2, -0.15) is 0 Å². The molecular formula is C18H34N2O. The summed E-state index contributed by atoms with van der Waals surface area (Å²) in [5.41, 5.74) is 1.59. The van der Waals surface area contributed by atoms with Crippen LogP contribution in [0.4, 0.5) is 0 Å². The highest BCUT2D eigenvalue weighted by Crippen LogP contribution is 2.25. The maximum absolute atomic E-state index is 5.87. The van der Waals surface area contributed by atoms with E-state index in [9.17, 15) is 0 Å². The molecule has 0 amide bonds. The van der Waals surface area contributed by atoms with Crippen molar-refractivity contribution in [2.45, 2.75) is 67.6 Å². The molecule has 1 unspecified atom stereocenters. The van der Waals surface area contributed by atoms with Crippen molar-refractivity contribution < 1.29 is 4.42 Å². The van der Waals surface area contributed by atoms with Crippen LogP contribution in [-0.2, 0) is 13.1 Å². The molecule has 0 aliphatic rings. The Morgan fingerprint density at radius 1 is 1.24 bits per heavy atom. The van der Waals surface area contributed by atoms with E-state index >= 15 is 0 Å². The lowest BCUT2D eigenvalue weighted by Crippen LogP contribution is -2.38. The fourth-order valence-electron chi connectivity index (χ4n) is 2.38. The van der Waals surface area contributed by atoms with Crippen LogP contribution in [0.5, 0.6) is 0 Å². The second kappa shape index (κ2) is 7.46. The fourth-order valence-corrected chi connectivity index (χ4v) is 2.38. The summed E-state index contributed by atoms with van der Waals surface area (Å²) in [5.74, 6) is 2.75. The maximum Gasteiger partial charge on any atom is 0.118 e. The van der Waals surface area contributed by atoms with Crippen molar-refractivity contribution in [1.82, 2.24) is 10.2 Å². The van der Waals surface area contributed by atoms with Gasteiger partial charge in [0.1, 0.15) is 11.5 Å². The summed E-state index contributed by atoms with van der Waals surface area (Å²) in [7, 11) is 2.19. The van der Waals surface area contributed by atoms with Crippen molar-refractivity contribution in [3.63, 3.8) is 0 Å². The van der Waals surface area contributed by atoms with E-state index in [1.165, 1.54) is 5.56 Å². The Morgan fingerprint density at radius 3 is 2.38 bits per heavy atom. The predicted octanol–water partition coefficient (Wildman–Crippen LogP) is 4.20. The SMILES string of the molecule is Cc1oc(CNCC(C)C)cc1CN(C)C(C)C(C)(C)C. The Morgan fingerprint density at radius 2 is 1.86 bits per heavy atom. The fraction of sp³-hybridized carbons (Fsp3) is 0.778. The van der Waals surface area contributed by atoms with Crippen molar-refractivity contribution in [3.05, 3.63) is 23.2 Å². The zero-order chi connectivity index (χ0) is 16.2. The molecule has 0 saturated carbocycles. The highest BCUT2D eigenvalue weighted by molar-refractivity contribution is 5.20. The first-order chi connectivity index (χ1) is 9.61. The Hall–Kier alpha value is -0.800. The van der Waals surface area contributed by atoms with E-state index in [0.29, 0.717) is 12.0 Å². The van der Waals surface area contributed by atoms with Gasteiger partial charge < -0.3 is 9.73 Å². The minimum absolute atomic E-state index is 0.286. The Kier molecular flexibility index (Phi) is 6.48. The van der Waals surface area contributed by atoms with Crippen LogP contribution in [0.25, 0.3) is 0 Å². The molecule has 3 heteroatoms. The number of furan rings is 1.